The van der Waals surface area contributed by atoms with Crippen molar-refractivity contribution in [2.45, 2.75) is 24.8 Å². The summed E-state index contributed by atoms with van der Waals surface area (Å²) in [4.78, 5) is 3.02. The number of aromatic nitrogens is 1. The zero-order valence-corrected chi connectivity index (χ0v) is 11.5. The Morgan fingerprint density at radius 2 is 2.11 bits per heavy atom. The van der Waals surface area contributed by atoms with Crippen LogP contribution in [0.25, 0.3) is 0 Å². The maximum atomic E-state index is 12.2. The van der Waals surface area contributed by atoms with Gasteiger partial charge < -0.3 is 10.7 Å². The molecule has 0 aliphatic carbocycles. The Labute approximate surface area is 112 Å². The molecule has 0 atom stereocenters. The fourth-order valence-electron chi connectivity index (χ4n) is 1.76. The van der Waals surface area contributed by atoms with E-state index >= 15 is 0 Å². The topological polar surface area (TPSA) is 88.0 Å². The Bertz CT molecular complexity index is 662. The minimum atomic E-state index is -3.56. The molecule has 1 aromatic heterocycles. The molecule has 2 aromatic rings. The fourth-order valence-corrected chi connectivity index (χ4v) is 2.83. The van der Waals surface area contributed by atoms with E-state index in [-0.39, 0.29) is 11.4 Å². The Kier molecular flexibility index (Phi) is 3.92. The van der Waals surface area contributed by atoms with Crippen LogP contribution in [-0.2, 0) is 23.0 Å². The van der Waals surface area contributed by atoms with Gasteiger partial charge in [0.05, 0.1) is 0 Å². The molecule has 4 N–H and O–H groups in total. The Morgan fingerprint density at radius 1 is 1.32 bits per heavy atom. The molecule has 5 nitrogen and oxygen atoms in total. The average molecular weight is 279 g/mol. The summed E-state index contributed by atoms with van der Waals surface area (Å²) in [7, 11) is -3.56. The number of hydrogen-bond acceptors (Lipinski definition) is 3. The lowest BCUT2D eigenvalue weighted by atomic mass is 10.1. The predicted molar refractivity (Wildman–Crippen MR) is 75.3 cm³/mol. The standard InChI is InChI=1S/C13H17N3O2S/c1-2-10-4-3-5-11(6-10)16-19(17,18)13-7-12(8-14)15-9-13/h3-7,9,15-16H,2,8,14H2,1H3. The zero-order chi connectivity index (χ0) is 13.9. The quantitative estimate of drug-likeness (QED) is 0.780. The molecule has 102 valence electrons. The van der Waals surface area contributed by atoms with Gasteiger partial charge in [-0.1, -0.05) is 19.1 Å². The summed E-state index contributed by atoms with van der Waals surface area (Å²) in [5.74, 6) is 0. The number of rotatable bonds is 5. The van der Waals surface area contributed by atoms with Gasteiger partial charge in [-0.3, -0.25) is 4.72 Å². The van der Waals surface area contributed by atoms with Gasteiger partial charge in [0.25, 0.3) is 10.0 Å². The molecule has 1 heterocycles. The van der Waals surface area contributed by atoms with Crippen LogP contribution in [0.4, 0.5) is 5.69 Å². The Balaban J connectivity index is 2.25. The van der Waals surface area contributed by atoms with Crippen LogP contribution >= 0.6 is 0 Å². The average Bonchev–Trinajstić information content (AvgIpc) is 2.88. The second-order valence-corrected chi connectivity index (χ2v) is 5.91. The van der Waals surface area contributed by atoms with Gasteiger partial charge >= 0.3 is 0 Å². The van der Waals surface area contributed by atoms with Gasteiger partial charge in [0.15, 0.2) is 0 Å². The SMILES string of the molecule is CCc1cccc(NS(=O)(=O)c2c[nH]c(CN)c2)c1. The number of aryl methyl sites for hydroxylation is 1. The normalized spacial score (nSPS) is 11.5. The summed E-state index contributed by atoms with van der Waals surface area (Å²) < 4.78 is 26.9. The molecule has 19 heavy (non-hydrogen) atoms. The van der Waals surface area contributed by atoms with E-state index in [1.165, 1.54) is 12.3 Å². The molecule has 0 fully saturated rings. The third-order valence-corrected chi connectivity index (χ3v) is 4.19. The first-order chi connectivity index (χ1) is 9.05. The predicted octanol–water partition coefficient (Wildman–Crippen LogP) is 1.84. The van der Waals surface area contributed by atoms with E-state index in [9.17, 15) is 8.42 Å². The van der Waals surface area contributed by atoms with Crippen LogP contribution in [0, 0.1) is 0 Å². The first-order valence-electron chi connectivity index (χ1n) is 6.04. The van der Waals surface area contributed by atoms with Crippen LogP contribution in [-0.4, -0.2) is 13.4 Å². The van der Waals surface area contributed by atoms with Gasteiger partial charge in [-0.15, -0.1) is 0 Å². The smallest absolute Gasteiger partial charge is 0.263 e. The Hall–Kier alpha value is -1.79. The molecule has 0 amide bonds. The number of sulfonamides is 1. The van der Waals surface area contributed by atoms with Crippen molar-refractivity contribution in [2.75, 3.05) is 4.72 Å². The van der Waals surface area contributed by atoms with Crippen molar-refractivity contribution in [3.8, 4) is 0 Å². The highest BCUT2D eigenvalue weighted by Gasteiger charge is 2.15. The van der Waals surface area contributed by atoms with Crippen molar-refractivity contribution >= 4 is 15.7 Å². The second kappa shape index (κ2) is 5.46. The van der Waals surface area contributed by atoms with Gasteiger partial charge in [-0.25, -0.2) is 8.42 Å². The van der Waals surface area contributed by atoms with Crippen LogP contribution in [0.15, 0.2) is 41.4 Å². The van der Waals surface area contributed by atoms with Crippen LogP contribution in [0.1, 0.15) is 18.2 Å². The molecule has 1 aromatic carbocycles. The monoisotopic (exact) mass is 279 g/mol. The molecule has 0 bridgehead atoms. The summed E-state index contributed by atoms with van der Waals surface area (Å²) in [6.45, 7) is 2.30. The lowest BCUT2D eigenvalue weighted by Crippen LogP contribution is -2.12. The van der Waals surface area contributed by atoms with E-state index < -0.39 is 10.0 Å². The number of hydrogen-bond donors (Lipinski definition) is 3. The highest BCUT2D eigenvalue weighted by Crippen LogP contribution is 2.18. The van der Waals surface area contributed by atoms with Crippen molar-refractivity contribution in [2.24, 2.45) is 5.73 Å². The molecule has 6 heteroatoms. The van der Waals surface area contributed by atoms with E-state index in [1.54, 1.807) is 6.07 Å². The first kappa shape index (κ1) is 13.6. The highest BCUT2D eigenvalue weighted by molar-refractivity contribution is 7.92. The Morgan fingerprint density at radius 3 is 2.74 bits per heavy atom. The summed E-state index contributed by atoms with van der Waals surface area (Å²) in [6.07, 6.45) is 2.30. The molecule has 0 spiro atoms. The minimum Gasteiger partial charge on any atom is -0.363 e. The lowest BCUT2D eigenvalue weighted by Gasteiger charge is -2.07. The molecule has 0 saturated carbocycles. The molecule has 0 aliphatic heterocycles. The summed E-state index contributed by atoms with van der Waals surface area (Å²) in [6, 6.07) is 8.88. The fraction of sp³-hybridized carbons (Fsp3) is 0.231. The van der Waals surface area contributed by atoms with Gasteiger partial charge in [0.1, 0.15) is 4.90 Å². The van der Waals surface area contributed by atoms with E-state index in [2.05, 4.69) is 9.71 Å². The molecule has 2 rings (SSSR count). The first-order valence-corrected chi connectivity index (χ1v) is 7.52. The molecule has 0 saturated heterocycles. The molecule has 0 radical (unpaired) electrons. The van der Waals surface area contributed by atoms with Crippen molar-refractivity contribution in [1.29, 1.82) is 0 Å². The number of H-pyrrole nitrogens is 1. The lowest BCUT2D eigenvalue weighted by molar-refractivity contribution is 0.601. The van der Waals surface area contributed by atoms with Crippen LogP contribution in [0.3, 0.4) is 0 Å². The van der Waals surface area contributed by atoms with Crippen molar-refractivity contribution in [3.63, 3.8) is 0 Å². The van der Waals surface area contributed by atoms with E-state index in [1.807, 2.05) is 25.1 Å². The van der Waals surface area contributed by atoms with Gasteiger partial charge in [0.2, 0.25) is 0 Å². The number of anilines is 1. The molecule has 0 unspecified atom stereocenters. The third-order valence-electron chi connectivity index (χ3n) is 2.83. The number of benzene rings is 1. The second-order valence-electron chi connectivity index (χ2n) is 4.22. The van der Waals surface area contributed by atoms with Crippen molar-refractivity contribution in [3.05, 3.63) is 47.8 Å². The van der Waals surface area contributed by atoms with Crippen molar-refractivity contribution in [1.82, 2.24) is 4.98 Å². The molecular formula is C13H17N3O2S. The van der Waals surface area contributed by atoms with Gasteiger partial charge in [-0.2, -0.15) is 0 Å². The maximum Gasteiger partial charge on any atom is 0.263 e. The third kappa shape index (κ3) is 3.15. The number of aromatic amines is 1. The van der Waals surface area contributed by atoms with E-state index in [0.717, 1.165) is 12.0 Å². The zero-order valence-electron chi connectivity index (χ0n) is 10.7. The molecule has 0 aliphatic rings. The maximum absolute atomic E-state index is 12.2. The van der Waals surface area contributed by atoms with Crippen molar-refractivity contribution < 1.29 is 8.42 Å². The summed E-state index contributed by atoms with van der Waals surface area (Å²) in [5.41, 5.74) is 7.78. The van der Waals surface area contributed by atoms with Gasteiger partial charge in [-0.05, 0) is 30.2 Å². The number of nitrogens with two attached hydrogens (primary N) is 1. The van der Waals surface area contributed by atoms with E-state index in [4.69, 9.17) is 5.73 Å². The molecular weight excluding hydrogens is 262 g/mol. The number of nitrogens with one attached hydrogen (secondary N) is 2. The van der Waals surface area contributed by atoms with E-state index in [0.29, 0.717) is 11.4 Å². The highest BCUT2D eigenvalue weighted by atomic mass is 32.2. The summed E-state index contributed by atoms with van der Waals surface area (Å²) >= 11 is 0. The summed E-state index contributed by atoms with van der Waals surface area (Å²) in [5, 5.41) is 0. The van der Waals surface area contributed by atoms with Crippen LogP contribution in [0.5, 0.6) is 0 Å². The minimum absolute atomic E-state index is 0.190. The van der Waals surface area contributed by atoms with Crippen LogP contribution in [0.2, 0.25) is 0 Å². The van der Waals surface area contributed by atoms with Crippen LogP contribution < -0.4 is 10.5 Å². The largest absolute Gasteiger partial charge is 0.363 e. The van der Waals surface area contributed by atoms with Gasteiger partial charge in [0, 0.05) is 24.1 Å².